The molecule has 0 aromatic rings. The third-order valence-electron chi connectivity index (χ3n) is 3.18. The van der Waals surface area contributed by atoms with E-state index in [1.165, 1.54) is 6.42 Å². The van der Waals surface area contributed by atoms with Crippen LogP contribution in [-0.2, 0) is 0 Å². The maximum Gasteiger partial charge on any atom is 0.0387 e. The third kappa shape index (κ3) is 2.92. The van der Waals surface area contributed by atoms with Crippen LogP contribution in [0.3, 0.4) is 0 Å². The van der Waals surface area contributed by atoms with E-state index in [0.29, 0.717) is 12.1 Å². The Hall–Kier alpha value is -0.160. The number of hydrazine groups is 1. The molecule has 2 atom stereocenters. The van der Waals surface area contributed by atoms with Gasteiger partial charge in [-0.1, -0.05) is 13.3 Å². The zero-order chi connectivity index (χ0) is 10.6. The van der Waals surface area contributed by atoms with Crippen LogP contribution in [0.5, 0.6) is 0 Å². The van der Waals surface area contributed by atoms with E-state index in [2.05, 4.69) is 36.2 Å². The van der Waals surface area contributed by atoms with Gasteiger partial charge in [-0.3, -0.25) is 16.2 Å². The molecule has 1 aliphatic rings. The van der Waals surface area contributed by atoms with Crippen LogP contribution in [0.2, 0.25) is 0 Å². The van der Waals surface area contributed by atoms with Crippen LogP contribution >= 0.6 is 0 Å². The average Bonchev–Trinajstić information content (AvgIpc) is 2.18. The number of nitrogens with two attached hydrogens (primary N) is 1. The van der Waals surface area contributed by atoms with Crippen LogP contribution in [-0.4, -0.2) is 55.6 Å². The lowest BCUT2D eigenvalue weighted by Crippen LogP contribution is -2.59. The molecule has 1 rings (SSSR count). The molecule has 1 saturated heterocycles. The second-order valence-electron chi connectivity index (χ2n) is 4.37. The summed E-state index contributed by atoms with van der Waals surface area (Å²) in [6.45, 7) is 5.63. The molecular weight excluding hydrogens is 176 g/mol. The number of rotatable bonds is 4. The quantitative estimate of drug-likeness (QED) is 0.490. The number of likely N-dealkylation sites (N-methyl/N-ethyl adjacent to an activating group) is 2. The second-order valence-corrected chi connectivity index (χ2v) is 4.37. The van der Waals surface area contributed by atoms with Crippen molar-refractivity contribution >= 4 is 0 Å². The molecule has 0 aromatic heterocycles. The van der Waals surface area contributed by atoms with Gasteiger partial charge in [0.05, 0.1) is 0 Å². The van der Waals surface area contributed by atoms with Crippen LogP contribution in [0.15, 0.2) is 0 Å². The zero-order valence-corrected chi connectivity index (χ0v) is 9.66. The van der Waals surface area contributed by atoms with Crippen LogP contribution in [0.1, 0.15) is 19.8 Å². The number of hydrogen-bond acceptors (Lipinski definition) is 4. The first-order chi connectivity index (χ1) is 6.69. The maximum absolute atomic E-state index is 5.60. The van der Waals surface area contributed by atoms with Crippen molar-refractivity contribution in [3.8, 4) is 0 Å². The van der Waals surface area contributed by atoms with E-state index in [4.69, 9.17) is 5.84 Å². The largest absolute Gasteiger partial charge is 0.303 e. The van der Waals surface area contributed by atoms with E-state index in [1.807, 2.05) is 0 Å². The van der Waals surface area contributed by atoms with Crippen molar-refractivity contribution in [3.05, 3.63) is 0 Å². The first kappa shape index (κ1) is 11.9. The molecular formula is C10H24N4. The normalized spacial score (nSPS) is 27.9. The Labute approximate surface area is 87.4 Å². The molecule has 2 unspecified atom stereocenters. The van der Waals surface area contributed by atoms with Crippen molar-refractivity contribution in [2.45, 2.75) is 31.8 Å². The van der Waals surface area contributed by atoms with Crippen molar-refractivity contribution in [1.82, 2.24) is 15.2 Å². The molecule has 1 heterocycles. The van der Waals surface area contributed by atoms with Gasteiger partial charge in [-0.25, -0.2) is 0 Å². The third-order valence-corrected chi connectivity index (χ3v) is 3.18. The molecule has 14 heavy (non-hydrogen) atoms. The number of hydrogen-bond donors (Lipinski definition) is 2. The highest BCUT2D eigenvalue weighted by molar-refractivity contribution is 4.87. The Kier molecular flexibility index (Phi) is 4.81. The van der Waals surface area contributed by atoms with E-state index < -0.39 is 0 Å². The minimum absolute atomic E-state index is 0.424. The van der Waals surface area contributed by atoms with Gasteiger partial charge < -0.3 is 4.90 Å². The Morgan fingerprint density at radius 3 is 2.71 bits per heavy atom. The summed E-state index contributed by atoms with van der Waals surface area (Å²) in [5, 5.41) is 0. The molecule has 0 bridgehead atoms. The fraction of sp³-hybridized carbons (Fsp3) is 1.00. The molecule has 84 valence electrons. The fourth-order valence-electron chi connectivity index (χ4n) is 2.18. The van der Waals surface area contributed by atoms with Crippen LogP contribution in [0.4, 0.5) is 0 Å². The van der Waals surface area contributed by atoms with Crippen LogP contribution in [0.25, 0.3) is 0 Å². The maximum atomic E-state index is 5.60. The van der Waals surface area contributed by atoms with Crippen molar-refractivity contribution in [3.63, 3.8) is 0 Å². The Bertz CT molecular complexity index is 162. The molecule has 1 fully saturated rings. The van der Waals surface area contributed by atoms with Gasteiger partial charge in [0.25, 0.3) is 0 Å². The highest BCUT2D eigenvalue weighted by Gasteiger charge is 2.28. The monoisotopic (exact) mass is 200 g/mol. The number of piperazine rings is 1. The fourth-order valence-corrected chi connectivity index (χ4v) is 2.18. The summed E-state index contributed by atoms with van der Waals surface area (Å²) in [5.41, 5.74) is 2.96. The zero-order valence-electron chi connectivity index (χ0n) is 9.66. The predicted molar refractivity (Wildman–Crippen MR) is 59.9 cm³/mol. The Balaban J connectivity index is 2.52. The SMILES string of the molecule is CCCC(NN)C1CN(C)CCN1C. The molecule has 3 N–H and O–H groups in total. The van der Waals surface area contributed by atoms with Crippen molar-refractivity contribution < 1.29 is 0 Å². The summed E-state index contributed by atoms with van der Waals surface area (Å²) >= 11 is 0. The van der Waals surface area contributed by atoms with Crippen LogP contribution < -0.4 is 11.3 Å². The molecule has 4 heteroatoms. The molecule has 0 amide bonds. The van der Waals surface area contributed by atoms with E-state index in [-0.39, 0.29) is 0 Å². The van der Waals surface area contributed by atoms with Gasteiger partial charge in [-0.15, -0.1) is 0 Å². The van der Waals surface area contributed by atoms with Gasteiger partial charge in [0.2, 0.25) is 0 Å². The summed E-state index contributed by atoms with van der Waals surface area (Å²) in [7, 11) is 4.37. The van der Waals surface area contributed by atoms with Gasteiger partial charge in [0, 0.05) is 31.7 Å². The molecule has 0 radical (unpaired) electrons. The molecule has 0 aliphatic carbocycles. The Morgan fingerprint density at radius 1 is 1.43 bits per heavy atom. The van der Waals surface area contributed by atoms with E-state index >= 15 is 0 Å². The van der Waals surface area contributed by atoms with Crippen molar-refractivity contribution in [2.24, 2.45) is 5.84 Å². The van der Waals surface area contributed by atoms with Gasteiger partial charge >= 0.3 is 0 Å². The first-order valence-corrected chi connectivity index (χ1v) is 5.54. The smallest absolute Gasteiger partial charge is 0.0387 e. The highest BCUT2D eigenvalue weighted by Crippen LogP contribution is 2.12. The summed E-state index contributed by atoms with van der Waals surface area (Å²) in [6, 6.07) is 0.978. The number of nitrogens with one attached hydrogen (secondary N) is 1. The van der Waals surface area contributed by atoms with Gasteiger partial charge in [-0.05, 0) is 20.5 Å². The van der Waals surface area contributed by atoms with E-state index in [9.17, 15) is 0 Å². The van der Waals surface area contributed by atoms with Crippen molar-refractivity contribution in [2.75, 3.05) is 33.7 Å². The van der Waals surface area contributed by atoms with Gasteiger partial charge in [0.15, 0.2) is 0 Å². The lowest BCUT2D eigenvalue weighted by molar-refractivity contribution is 0.0851. The van der Waals surface area contributed by atoms with E-state index in [1.54, 1.807) is 0 Å². The molecule has 0 spiro atoms. The minimum Gasteiger partial charge on any atom is -0.303 e. The summed E-state index contributed by atoms with van der Waals surface area (Å²) in [4.78, 5) is 4.80. The summed E-state index contributed by atoms with van der Waals surface area (Å²) in [5.74, 6) is 5.60. The average molecular weight is 200 g/mol. The first-order valence-electron chi connectivity index (χ1n) is 5.54. The lowest BCUT2D eigenvalue weighted by atomic mass is 10.0. The topological polar surface area (TPSA) is 44.5 Å². The van der Waals surface area contributed by atoms with Crippen LogP contribution in [0, 0.1) is 0 Å². The molecule has 0 saturated carbocycles. The summed E-state index contributed by atoms with van der Waals surface area (Å²) < 4.78 is 0. The lowest BCUT2D eigenvalue weighted by Gasteiger charge is -2.41. The Morgan fingerprint density at radius 2 is 2.14 bits per heavy atom. The minimum atomic E-state index is 0.424. The van der Waals surface area contributed by atoms with Crippen molar-refractivity contribution in [1.29, 1.82) is 0 Å². The van der Waals surface area contributed by atoms with E-state index in [0.717, 1.165) is 26.1 Å². The van der Waals surface area contributed by atoms with Gasteiger partial charge in [-0.2, -0.15) is 0 Å². The molecule has 4 nitrogen and oxygen atoms in total. The predicted octanol–water partition coefficient (Wildman–Crippen LogP) is -0.136. The molecule has 1 aliphatic heterocycles. The molecule has 0 aromatic carbocycles. The van der Waals surface area contributed by atoms with Gasteiger partial charge in [0.1, 0.15) is 0 Å². The highest BCUT2D eigenvalue weighted by atomic mass is 15.3. The second kappa shape index (κ2) is 5.66. The summed E-state index contributed by atoms with van der Waals surface area (Å²) in [6.07, 6.45) is 2.34. The standard InChI is InChI=1S/C10H24N4/c1-4-5-9(12-11)10-8-13(2)6-7-14(10)3/h9-10,12H,4-8,11H2,1-3H3. The number of nitrogens with zero attached hydrogens (tertiary/aromatic N) is 2.